The topological polar surface area (TPSA) is 37.3 Å². The first-order valence-corrected chi connectivity index (χ1v) is 13.4. The van der Waals surface area contributed by atoms with Crippen LogP contribution >= 0.6 is 0 Å². The standard InChI is InChI=1S/C34H22O2S/c35-37(36)33-19-9-18-31-29(33)20-21-32-28-16-6-5-14-26(28)24-12-2-1-10-22(24)23-11-3-4-13-25(23)27-15-7-8-17-30(27)34(31)32/h1-21H,(H,35,36). The monoisotopic (exact) mass is 494 g/mol. The van der Waals surface area contributed by atoms with Gasteiger partial charge in [-0.3, -0.25) is 0 Å². The van der Waals surface area contributed by atoms with E-state index in [2.05, 4.69) is 109 Å². The van der Waals surface area contributed by atoms with Crippen LogP contribution < -0.4 is 0 Å². The van der Waals surface area contributed by atoms with Gasteiger partial charge in [0.05, 0.1) is 4.90 Å². The molecule has 0 saturated carbocycles. The summed E-state index contributed by atoms with van der Waals surface area (Å²) >= 11 is -2.09. The summed E-state index contributed by atoms with van der Waals surface area (Å²) in [6.07, 6.45) is 0. The SMILES string of the molecule is O=S(O)c1cccc2c1ccc1c3ccccc3c3ccccc3c3ccccc3c3ccccc3c21. The summed E-state index contributed by atoms with van der Waals surface area (Å²) in [6, 6.07) is 44.0. The van der Waals surface area contributed by atoms with E-state index in [1.165, 1.54) is 16.2 Å². The largest absolute Gasteiger partial charge is 0.302 e. The molecule has 37 heavy (non-hydrogen) atoms. The van der Waals surface area contributed by atoms with Crippen molar-refractivity contribution < 1.29 is 8.76 Å². The van der Waals surface area contributed by atoms with Crippen molar-refractivity contribution in [3.63, 3.8) is 0 Å². The maximum Gasteiger partial charge on any atom is 0.187 e. The van der Waals surface area contributed by atoms with Gasteiger partial charge in [-0.2, -0.15) is 0 Å². The number of fused-ring (bicyclic) bond motifs is 12. The van der Waals surface area contributed by atoms with Gasteiger partial charge in [0.1, 0.15) is 0 Å². The molecule has 7 rings (SSSR count). The molecule has 0 fully saturated rings. The molecule has 2 nitrogen and oxygen atoms in total. The molecule has 3 heteroatoms. The highest BCUT2D eigenvalue weighted by molar-refractivity contribution is 7.79. The third-order valence-electron chi connectivity index (χ3n) is 7.35. The summed E-state index contributed by atoms with van der Waals surface area (Å²) in [7, 11) is 0. The Bertz CT molecular complexity index is 2050. The Morgan fingerprint density at radius 2 is 0.649 bits per heavy atom. The molecule has 0 aliphatic rings. The van der Waals surface area contributed by atoms with Crippen LogP contribution in [0.25, 0.3) is 64.6 Å². The molecule has 0 saturated heterocycles. The van der Waals surface area contributed by atoms with E-state index < -0.39 is 11.1 Å². The molecule has 0 radical (unpaired) electrons. The van der Waals surface area contributed by atoms with E-state index in [-0.39, 0.29) is 0 Å². The molecule has 0 bridgehead atoms. The van der Waals surface area contributed by atoms with Crippen molar-refractivity contribution in [2.45, 2.75) is 4.90 Å². The minimum Gasteiger partial charge on any atom is -0.302 e. The molecular formula is C34H22O2S. The lowest BCUT2D eigenvalue weighted by atomic mass is 9.92. The quantitative estimate of drug-likeness (QED) is 0.231. The van der Waals surface area contributed by atoms with E-state index >= 15 is 0 Å². The van der Waals surface area contributed by atoms with Crippen molar-refractivity contribution in [2.75, 3.05) is 0 Å². The van der Waals surface area contributed by atoms with Gasteiger partial charge in [0.15, 0.2) is 11.1 Å². The van der Waals surface area contributed by atoms with E-state index in [1.54, 1.807) is 6.07 Å². The first-order chi connectivity index (χ1) is 18.2. The second kappa shape index (κ2) is 8.67. The van der Waals surface area contributed by atoms with Crippen LogP contribution in [0.4, 0.5) is 0 Å². The highest BCUT2D eigenvalue weighted by Gasteiger charge is 2.13. The second-order valence-corrected chi connectivity index (χ2v) is 10.2. The van der Waals surface area contributed by atoms with Crippen LogP contribution in [0.15, 0.2) is 132 Å². The molecule has 7 aromatic rings. The normalized spacial score (nSPS) is 12.5. The fourth-order valence-electron chi connectivity index (χ4n) is 5.79. The van der Waals surface area contributed by atoms with Crippen LogP contribution in [-0.2, 0) is 11.1 Å². The van der Waals surface area contributed by atoms with Gasteiger partial charge in [-0.25, -0.2) is 4.21 Å². The number of hydrogen-bond acceptors (Lipinski definition) is 1. The van der Waals surface area contributed by atoms with Gasteiger partial charge in [0, 0.05) is 5.39 Å². The van der Waals surface area contributed by atoms with Gasteiger partial charge in [-0.15, -0.1) is 0 Å². The maximum atomic E-state index is 12.3. The molecule has 7 aromatic carbocycles. The number of benzene rings is 6. The van der Waals surface area contributed by atoms with Crippen molar-refractivity contribution in [3.05, 3.63) is 127 Å². The Hall–Kier alpha value is -4.31. The summed E-state index contributed by atoms with van der Waals surface area (Å²) < 4.78 is 22.3. The number of rotatable bonds is 1. The van der Waals surface area contributed by atoms with Crippen LogP contribution in [0.1, 0.15) is 0 Å². The molecule has 1 N–H and O–H groups in total. The van der Waals surface area contributed by atoms with Gasteiger partial charge >= 0.3 is 0 Å². The summed E-state index contributed by atoms with van der Waals surface area (Å²) in [6.45, 7) is 0. The van der Waals surface area contributed by atoms with Crippen LogP contribution in [0.5, 0.6) is 0 Å². The zero-order valence-electron chi connectivity index (χ0n) is 19.9. The van der Waals surface area contributed by atoms with E-state index in [0.717, 1.165) is 48.5 Å². The lowest BCUT2D eigenvalue weighted by Gasteiger charge is -2.12. The molecular weight excluding hydrogens is 472 g/mol. The van der Waals surface area contributed by atoms with Gasteiger partial charge in [0.2, 0.25) is 0 Å². The Morgan fingerprint density at radius 1 is 0.351 bits per heavy atom. The first-order valence-electron chi connectivity index (χ1n) is 12.3. The molecule has 0 aliphatic heterocycles. The van der Waals surface area contributed by atoms with Gasteiger partial charge < -0.3 is 4.55 Å². The molecule has 1 atom stereocenters. The summed E-state index contributed by atoms with van der Waals surface area (Å²) in [5, 5.41) is 13.2. The van der Waals surface area contributed by atoms with E-state index in [0.29, 0.717) is 4.90 Å². The maximum absolute atomic E-state index is 12.3. The minimum absolute atomic E-state index is 0.425. The average molecular weight is 495 g/mol. The molecule has 0 aliphatic carbocycles. The predicted octanol–water partition coefficient (Wildman–Crippen LogP) is 9.31. The molecule has 176 valence electrons. The third kappa shape index (κ3) is 3.40. The van der Waals surface area contributed by atoms with E-state index in [9.17, 15) is 8.76 Å². The molecule has 0 spiro atoms. The number of hydrogen-bond donors (Lipinski definition) is 1. The molecule has 0 amide bonds. The summed E-state index contributed by atoms with van der Waals surface area (Å²) in [5.74, 6) is 0. The Labute approximate surface area is 216 Å². The van der Waals surface area contributed by atoms with Crippen molar-refractivity contribution in [3.8, 4) is 0 Å². The fraction of sp³-hybridized carbons (Fsp3) is 0. The highest BCUT2D eigenvalue weighted by atomic mass is 32.2. The minimum atomic E-state index is -2.09. The first kappa shape index (κ1) is 21.9. The molecule has 0 heterocycles. The van der Waals surface area contributed by atoms with Crippen LogP contribution in [0.3, 0.4) is 0 Å². The molecule has 0 aromatic heterocycles. The van der Waals surface area contributed by atoms with Crippen molar-refractivity contribution in [2.24, 2.45) is 0 Å². The van der Waals surface area contributed by atoms with E-state index in [1.807, 2.05) is 12.1 Å². The van der Waals surface area contributed by atoms with Gasteiger partial charge in [-0.1, -0.05) is 121 Å². The van der Waals surface area contributed by atoms with Crippen molar-refractivity contribution >= 4 is 75.7 Å². The lowest BCUT2D eigenvalue weighted by Crippen LogP contribution is -1.91. The second-order valence-electron chi connectivity index (χ2n) is 9.27. The molecule has 1 unspecified atom stereocenters. The zero-order chi connectivity index (χ0) is 24.9. The third-order valence-corrected chi connectivity index (χ3v) is 8.08. The average Bonchev–Trinajstić information content (AvgIpc) is 2.96. The van der Waals surface area contributed by atoms with Crippen LogP contribution in [0, 0.1) is 0 Å². The Balaban J connectivity index is 1.96. The summed E-state index contributed by atoms with van der Waals surface area (Å²) in [5.41, 5.74) is 0. The highest BCUT2D eigenvalue weighted by Crippen LogP contribution is 2.39. The Kier molecular flexibility index (Phi) is 5.14. The van der Waals surface area contributed by atoms with E-state index in [4.69, 9.17) is 0 Å². The van der Waals surface area contributed by atoms with Crippen molar-refractivity contribution in [1.29, 1.82) is 0 Å². The van der Waals surface area contributed by atoms with Crippen LogP contribution in [-0.4, -0.2) is 8.76 Å². The van der Waals surface area contributed by atoms with Gasteiger partial charge in [-0.05, 0) is 65.3 Å². The smallest absolute Gasteiger partial charge is 0.187 e. The van der Waals surface area contributed by atoms with Gasteiger partial charge in [0.25, 0.3) is 0 Å². The fourth-order valence-corrected chi connectivity index (χ4v) is 6.35. The van der Waals surface area contributed by atoms with Crippen LogP contribution in [0.2, 0.25) is 0 Å². The Morgan fingerprint density at radius 3 is 1.08 bits per heavy atom. The predicted molar refractivity (Wildman–Crippen MR) is 158 cm³/mol. The summed E-state index contributed by atoms with van der Waals surface area (Å²) in [4.78, 5) is 0.425. The lowest BCUT2D eigenvalue weighted by molar-refractivity contribution is 0.565. The zero-order valence-corrected chi connectivity index (χ0v) is 20.7. The van der Waals surface area contributed by atoms with Crippen molar-refractivity contribution in [1.82, 2.24) is 0 Å².